The number of nitrogens with zero attached hydrogens (tertiary/aromatic N) is 5. The highest BCUT2D eigenvalue weighted by Crippen LogP contribution is 2.43. The molecule has 0 unspecified atom stereocenters. The number of rotatable bonds is 5. The van der Waals surface area contributed by atoms with Crippen LogP contribution in [0.25, 0.3) is 16.9 Å². The van der Waals surface area contributed by atoms with Gasteiger partial charge in [-0.15, -0.1) is 0 Å². The number of pyridine rings is 1. The maximum atomic E-state index is 15.0. The highest BCUT2D eigenvalue weighted by molar-refractivity contribution is 5.77. The zero-order valence-corrected chi connectivity index (χ0v) is 16.9. The summed E-state index contributed by atoms with van der Waals surface area (Å²) in [4.78, 5) is 9.07. The van der Waals surface area contributed by atoms with Crippen molar-refractivity contribution in [3.05, 3.63) is 35.5 Å². The lowest BCUT2D eigenvalue weighted by Crippen LogP contribution is -2.46. The summed E-state index contributed by atoms with van der Waals surface area (Å²) >= 11 is 0. The fraction of sp³-hybridized carbons (Fsp3) is 0.429. The minimum atomic E-state index is -1.09. The summed E-state index contributed by atoms with van der Waals surface area (Å²) in [5, 5.41) is 19.8. The van der Waals surface area contributed by atoms with E-state index < -0.39 is 18.0 Å². The number of anilines is 1. The first kappa shape index (κ1) is 19.6. The van der Waals surface area contributed by atoms with Gasteiger partial charge in [-0.1, -0.05) is 0 Å². The Morgan fingerprint density at radius 1 is 1.32 bits per heavy atom. The van der Waals surface area contributed by atoms with E-state index >= 15 is 0 Å². The summed E-state index contributed by atoms with van der Waals surface area (Å²) in [7, 11) is 1.58. The fourth-order valence-electron chi connectivity index (χ4n) is 3.90. The van der Waals surface area contributed by atoms with Crippen LogP contribution in [0.1, 0.15) is 36.4 Å². The van der Waals surface area contributed by atoms with Gasteiger partial charge in [0.2, 0.25) is 0 Å². The molecule has 0 aromatic carbocycles. The average Bonchev–Trinajstić information content (AvgIpc) is 3.55. The molecule has 1 aliphatic heterocycles. The number of methoxy groups -OCH3 is 1. The number of hydrogen-bond acceptors (Lipinski definition) is 7. The third kappa shape index (κ3) is 3.55. The van der Waals surface area contributed by atoms with Gasteiger partial charge >= 0.3 is 0 Å². The van der Waals surface area contributed by atoms with E-state index in [2.05, 4.69) is 20.7 Å². The second kappa shape index (κ2) is 7.74. The zero-order valence-electron chi connectivity index (χ0n) is 16.9. The second-order valence-electron chi connectivity index (χ2n) is 7.88. The Bertz CT molecular complexity index is 1180. The first-order valence-electron chi connectivity index (χ1n) is 10.2. The van der Waals surface area contributed by atoms with Crippen molar-refractivity contribution in [3.63, 3.8) is 0 Å². The number of nitriles is 1. The van der Waals surface area contributed by atoms with Crippen molar-refractivity contribution in [3.8, 4) is 23.1 Å². The molecule has 160 valence electrons. The lowest BCUT2D eigenvalue weighted by Gasteiger charge is -2.28. The third-order valence-electron chi connectivity index (χ3n) is 5.74. The second-order valence-corrected chi connectivity index (χ2v) is 7.88. The van der Waals surface area contributed by atoms with E-state index in [0.717, 1.165) is 24.6 Å². The van der Waals surface area contributed by atoms with Crippen LogP contribution in [0.3, 0.4) is 0 Å². The summed E-state index contributed by atoms with van der Waals surface area (Å²) in [5.41, 5.74) is 1.69. The van der Waals surface area contributed by atoms with Crippen molar-refractivity contribution >= 4 is 11.5 Å². The van der Waals surface area contributed by atoms with Crippen LogP contribution in [0.5, 0.6) is 5.75 Å². The Labute approximate surface area is 177 Å². The SMILES string of the molecule is COc1cn2ncc(-c3nc(N[C@H]4CNCC[C@@H]4F)c(C#N)cc3F)c2nc1C1CC1. The van der Waals surface area contributed by atoms with Crippen molar-refractivity contribution < 1.29 is 13.5 Å². The van der Waals surface area contributed by atoms with Crippen molar-refractivity contribution in [1.29, 1.82) is 5.26 Å². The number of halogens is 2. The van der Waals surface area contributed by atoms with Gasteiger partial charge < -0.3 is 15.4 Å². The maximum absolute atomic E-state index is 15.0. The first-order valence-corrected chi connectivity index (χ1v) is 10.2. The lowest BCUT2D eigenvalue weighted by molar-refractivity contribution is 0.241. The monoisotopic (exact) mass is 425 g/mol. The maximum Gasteiger partial charge on any atom is 0.165 e. The largest absolute Gasteiger partial charge is 0.493 e. The zero-order chi connectivity index (χ0) is 21.5. The number of piperidine rings is 1. The fourth-order valence-corrected chi connectivity index (χ4v) is 3.90. The molecule has 3 aromatic heterocycles. The molecular formula is C21H21F2N7O. The van der Waals surface area contributed by atoms with Crippen LogP contribution in [0.15, 0.2) is 18.5 Å². The van der Waals surface area contributed by atoms with Crippen molar-refractivity contribution in [1.82, 2.24) is 24.9 Å². The normalized spacial score (nSPS) is 21.1. The van der Waals surface area contributed by atoms with Crippen LogP contribution < -0.4 is 15.4 Å². The molecule has 8 nitrogen and oxygen atoms in total. The predicted molar refractivity (Wildman–Crippen MR) is 109 cm³/mol. The van der Waals surface area contributed by atoms with Crippen molar-refractivity contribution in [2.75, 3.05) is 25.5 Å². The molecule has 10 heteroatoms. The molecule has 2 aliphatic rings. The Morgan fingerprint density at radius 2 is 2.16 bits per heavy atom. The minimum absolute atomic E-state index is 0.00934. The molecule has 0 amide bonds. The first-order chi connectivity index (χ1) is 15.1. The van der Waals surface area contributed by atoms with Crippen LogP contribution in [0, 0.1) is 17.1 Å². The number of nitrogens with one attached hydrogen (secondary N) is 2. The molecule has 4 heterocycles. The minimum Gasteiger partial charge on any atom is -0.493 e. The predicted octanol–water partition coefficient (Wildman–Crippen LogP) is 2.80. The van der Waals surface area contributed by atoms with Crippen molar-refractivity contribution in [2.45, 2.75) is 37.4 Å². The van der Waals surface area contributed by atoms with Gasteiger partial charge in [0.05, 0.1) is 42.4 Å². The molecule has 2 atom stereocenters. The van der Waals surface area contributed by atoms with Crippen LogP contribution in [0.2, 0.25) is 0 Å². The van der Waals surface area contributed by atoms with Gasteiger partial charge in [0.1, 0.15) is 23.8 Å². The summed E-state index contributed by atoms with van der Waals surface area (Å²) in [6.45, 7) is 0.983. The summed E-state index contributed by atoms with van der Waals surface area (Å²) < 4.78 is 36.2. The number of hydrogen-bond donors (Lipinski definition) is 2. The molecule has 3 aromatic rings. The van der Waals surface area contributed by atoms with Crippen LogP contribution >= 0.6 is 0 Å². The van der Waals surface area contributed by atoms with Gasteiger partial charge in [-0.25, -0.2) is 23.3 Å². The average molecular weight is 425 g/mol. The molecule has 0 radical (unpaired) electrons. The quantitative estimate of drug-likeness (QED) is 0.648. The Kier molecular flexibility index (Phi) is 4.90. The van der Waals surface area contributed by atoms with Crippen LogP contribution in [-0.2, 0) is 0 Å². The number of fused-ring (bicyclic) bond motifs is 1. The molecule has 2 N–H and O–H groups in total. The Balaban J connectivity index is 1.59. The molecule has 2 fully saturated rings. The van der Waals surface area contributed by atoms with E-state index in [9.17, 15) is 14.0 Å². The van der Waals surface area contributed by atoms with Crippen LogP contribution in [-0.4, -0.2) is 52.0 Å². The van der Waals surface area contributed by atoms with Gasteiger partial charge in [-0.3, -0.25) is 0 Å². The number of ether oxygens (including phenoxy) is 1. The lowest BCUT2D eigenvalue weighted by atomic mass is 10.0. The van der Waals surface area contributed by atoms with E-state index in [-0.39, 0.29) is 17.1 Å². The molecule has 1 aliphatic carbocycles. The Morgan fingerprint density at radius 3 is 2.87 bits per heavy atom. The molecule has 1 saturated carbocycles. The van der Waals surface area contributed by atoms with E-state index in [4.69, 9.17) is 9.72 Å². The highest BCUT2D eigenvalue weighted by atomic mass is 19.1. The van der Waals surface area contributed by atoms with Crippen LogP contribution in [0.4, 0.5) is 14.6 Å². The topological polar surface area (TPSA) is 100 Å². The van der Waals surface area contributed by atoms with Gasteiger partial charge in [0, 0.05) is 12.5 Å². The van der Waals surface area contributed by atoms with Gasteiger partial charge in [-0.2, -0.15) is 10.4 Å². The molecule has 5 rings (SSSR count). The van der Waals surface area contributed by atoms with Gasteiger partial charge in [0.15, 0.2) is 17.2 Å². The summed E-state index contributed by atoms with van der Waals surface area (Å²) in [5.74, 6) is 0.435. The molecular weight excluding hydrogens is 404 g/mol. The smallest absolute Gasteiger partial charge is 0.165 e. The number of aromatic nitrogens is 4. The number of alkyl halides is 1. The molecule has 1 saturated heterocycles. The van der Waals surface area contributed by atoms with Gasteiger partial charge in [-0.05, 0) is 31.9 Å². The molecule has 0 bridgehead atoms. The van der Waals surface area contributed by atoms with E-state index in [1.165, 1.54) is 10.7 Å². The van der Waals surface area contributed by atoms with E-state index in [0.29, 0.717) is 42.4 Å². The summed E-state index contributed by atoms with van der Waals surface area (Å²) in [6, 6.07) is 2.50. The van der Waals surface area contributed by atoms with Gasteiger partial charge in [0.25, 0.3) is 0 Å². The Hall–Kier alpha value is -3.32. The van der Waals surface area contributed by atoms with E-state index in [1.807, 2.05) is 6.07 Å². The molecule has 31 heavy (non-hydrogen) atoms. The standard InChI is InChI=1S/C21H21F2N7O/c1-31-17-10-30-21(29-18(17)11-2-3-11)13(8-26-30)19-15(23)6-12(7-24)20(28-19)27-16-9-25-5-4-14(16)22/h6,8,10-11,14,16,25H,2-5,9H2,1H3,(H,27,28)/t14-,16-/m0/s1. The highest BCUT2D eigenvalue weighted by Gasteiger charge is 2.30. The van der Waals surface area contributed by atoms with Crippen molar-refractivity contribution in [2.24, 2.45) is 0 Å². The third-order valence-corrected chi connectivity index (χ3v) is 5.74. The summed E-state index contributed by atoms with van der Waals surface area (Å²) in [6.07, 6.45) is 4.54. The molecule has 0 spiro atoms. The van der Waals surface area contributed by atoms with E-state index in [1.54, 1.807) is 13.3 Å².